The Morgan fingerprint density at radius 2 is 2.15 bits per heavy atom. The van der Waals surface area contributed by atoms with Gasteiger partial charge in [0.1, 0.15) is 5.54 Å². The van der Waals surface area contributed by atoms with Crippen molar-refractivity contribution >= 4 is 17.7 Å². The summed E-state index contributed by atoms with van der Waals surface area (Å²) in [7, 11) is 1.50. The highest BCUT2D eigenvalue weighted by Crippen LogP contribution is 2.51. The van der Waals surface area contributed by atoms with E-state index in [2.05, 4.69) is 4.99 Å². The van der Waals surface area contributed by atoms with Gasteiger partial charge < -0.3 is 9.84 Å². The molecule has 0 heterocycles. The number of methoxy groups -OCH3 is 1. The van der Waals surface area contributed by atoms with E-state index in [0.717, 1.165) is 18.4 Å². The standard InChI is InChI=1S/C15H18ClNO3/c1-3-10-8-11(20-2)14(19)12(13(10)16)15(17-9-18)6-4-5-7-15/h8,19H,3-7H2,1-2H3. The van der Waals surface area contributed by atoms with Gasteiger partial charge in [0.05, 0.1) is 12.1 Å². The largest absolute Gasteiger partial charge is 0.504 e. The molecular formula is C15H18ClNO3. The number of ether oxygens (including phenoxy) is 1. The Balaban J connectivity index is 2.73. The van der Waals surface area contributed by atoms with Gasteiger partial charge in [-0.15, -0.1) is 0 Å². The first kappa shape index (κ1) is 14.9. The molecule has 20 heavy (non-hydrogen) atoms. The number of isocyanates is 1. The van der Waals surface area contributed by atoms with Crippen LogP contribution in [0.5, 0.6) is 11.5 Å². The molecule has 5 heteroatoms. The number of halogens is 1. The van der Waals surface area contributed by atoms with Crippen LogP contribution in [0.1, 0.15) is 43.7 Å². The Bertz CT molecular complexity index is 530. The number of phenols is 1. The number of carbonyl (C=O) groups excluding carboxylic acids is 1. The molecule has 0 radical (unpaired) electrons. The van der Waals surface area contributed by atoms with Crippen LogP contribution in [0.4, 0.5) is 0 Å². The number of aliphatic imine (C=N–C) groups is 1. The summed E-state index contributed by atoms with van der Waals surface area (Å²) in [5, 5.41) is 10.9. The number of nitrogens with zero attached hydrogens (tertiary/aromatic N) is 1. The molecule has 0 atom stereocenters. The second-order valence-electron chi connectivity index (χ2n) is 5.07. The molecule has 0 aliphatic heterocycles. The van der Waals surface area contributed by atoms with Crippen molar-refractivity contribution in [3.05, 3.63) is 22.2 Å². The van der Waals surface area contributed by atoms with Crippen LogP contribution in [0.15, 0.2) is 11.1 Å². The van der Waals surface area contributed by atoms with Crippen LogP contribution < -0.4 is 4.74 Å². The van der Waals surface area contributed by atoms with Crippen molar-refractivity contribution in [3.8, 4) is 11.5 Å². The van der Waals surface area contributed by atoms with Crippen LogP contribution in [0.2, 0.25) is 5.02 Å². The summed E-state index contributed by atoms with van der Waals surface area (Å²) in [5.74, 6) is 0.351. The van der Waals surface area contributed by atoms with Crippen molar-refractivity contribution < 1.29 is 14.6 Å². The van der Waals surface area contributed by atoms with Gasteiger partial charge in [0.15, 0.2) is 11.5 Å². The van der Waals surface area contributed by atoms with Crippen LogP contribution in [-0.4, -0.2) is 18.3 Å². The number of hydrogen-bond donors (Lipinski definition) is 1. The summed E-state index contributed by atoms with van der Waals surface area (Å²) in [6.07, 6.45) is 5.62. The predicted octanol–water partition coefficient (Wildman–Crippen LogP) is 3.72. The number of phenolic OH excluding ortho intramolecular Hbond substituents is 1. The molecule has 1 aliphatic rings. The first-order valence-electron chi connectivity index (χ1n) is 6.77. The maximum Gasteiger partial charge on any atom is 0.235 e. The molecule has 2 rings (SSSR count). The molecule has 4 nitrogen and oxygen atoms in total. The zero-order valence-corrected chi connectivity index (χ0v) is 12.5. The van der Waals surface area contributed by atoms with Crippen LogP contribution in [0, 0.1) is 0 Å². The highest BCUT2D eigenvalue weighted by atomic mass is 35.5. The molecule has 1 fully saturated rings. The molecule has 1 saturated carbocycles. The molecule has 0 unspecified atom stereocenters. The highest BCUT2D eigenvalue weighted by molar-refractivity contribution is 6.32. The summed E-state index contributed by atoms with van der Waals surface area (Å²) in [6.45, 7) is 1.98. The van der Waals surface area contributed by atoms with Gasteiger partial charge in [-0.2, -0.15) is 4.99 Å². The van der Waals surface area contributed by atoms with Crippen molar-refractivity contribution in [2.75, 3.05) is 7.11 Å². The number of aromatic hydroxyl groups is 1. The lowest BCUT2D eigenvalue weighted by molar-refractivity contribution is 0.355. The monoisotopic (exact) mass is 295 g/mol. The van der Waals surface area contributed by atoms with Gasteiger partial charge in [0.25, 0.3) is 0 Å². The van der Waals surface area contributed by atoms with Gasteiger partial charge in [0, 0.05) is 5.56 Å². The molecule has 1 aromatic rings. The second-order valence-corrected chi connectivity index (χ2v) is 5.45. The zero-order chi connectivity index (χ0) is 14.8. The number of rotatable bonds is 4. The van der Waals surface area contributed by atoms with Crippen LogP contribution in [-0.2, 0) is 16.8 Å². The Morgan fingerprint density at radius 1 is 1.50 bits per heavy atom. The molecule has 1 aromatic carbocycles. The summed E-state index contributed by atoms with van der Waals surface area (Å²) in [6, 6.07) is 1.73. The van der Waals surface area contributed by atoms with E-state index in [9.17, 15) is 9.90 Å². The van der Waals surface area contributed by atoms with E-state index in [0.29, 0.717) is 35.6 Å². The lowest BCUT2D eigenvalue weighted by atomic mass is 9.86. The molecule has 0 aromatic heterocycles. The fourth-order valence-corrected chi connectivity index (χ4v) is 3.43. The van der Waals surface area contributed by atoms with Crippen molar-refractivity contribution in [1.29, 1.82) is 0 Å². The minimum absolute atomic E-state index is 0.0180. The number of hydrogen-bond acceptors (Lipinski definition) is 4. The molecule has 0 saturated heterocycles. The highest BCUT2D eigenvalue weighted by Gasteiger charge is 2.41. The maximum atomic E-state index is 10.8. The van der Waals surface area contributed by atoms with Gasteiger partial charge in [0.2, 0.25) is 6.08 Å². The van der Waals surface area contributed by atoms with Crippen LogP contribution >= 0.6 is 11.6 Å². The minimum atomic E-state index is -0.763. The molecule has 1 aliphatic carbocycles. The maximum absolute atomic E-state index is 10.8. The third-order valence-corrected chi connectivity index (χ3v) is 4.47. The van der Waals surface area contributed by atoms with E-state index in [1.807, 2.05) is 6.92 Å². The predicted molar refractivity (Wildman–Crippen MR) is 77.3 cm³/mol. The van der Waals surface area contributed by atoms with Gasteiger partial charge in [-0.05, 0) is 30.9 Å². The van der Waals surface area contributed by atoms with E-state index in [1.165, 1.54) is 7.11 Å². The van der Waals surface area contributed by atoms with E-state index in [4.69, 9.17) is 16.3 Å². The van der Waals surface area contributed by atoms with Gasteiger partial charge in [-0.3, -0.25) is 0 Å². The normalized spacial score (nSPS) is 16.8. The summed E-state index contributed by atoms with van der Waals surface area (Å²) in [4.78, 5) is 14.8. The summed E-state index contributed by atoms with van der Waals surface area (Å²) >= 11 is 6.44. The SMILES string of the molecule is CCc1cc(OC)c(O)c(C2(N=C=O)CCCC2)c1Cl. The van der Waals surface area contributed by atoms with Crippen molar-refractivity contribution in [1.82, 2.24) is 0 Å². The topological polar surface area (TPSA) is 58.9 Å². The first-order chi connectivity index (χ1) is 9.59. The Labute approximate surface area is 123 Å². The fourth-order valence-electron chi connectivity index (χ4n) is 2.98. The third kappa shape index (κ3) is 2.30. The zero-order valence-electron chi connectivity index (χ0n) is 11.7. The molecule has 0 bridgehead atoms. The molecule has 0 amide bonds. The second kappa shape index (κ2) is 5.86. The average Bonchev–Trinajstić information content (AvgIpc) is 2.89. The van der Waals surface area contributed by atoms with E-state index >= 15 is 0 Å². The first-order valence-corrected chi connectivity index (χ1v) is 7.15. The fraction of sp³-hybridized carbons (Fsp3) is 0.533. The van der Waals surface area contributed by atoms with Crippen LogP contribution in [0.3, 0.4) is 0 Å². The van der Waals surface area contributed by atoms with Crippen molar-refractivity contribution in [3.63, 3.8) is 0 Å². The molecular weight excluding hydrogens is 278 g/mol. The average molecular weight is 296 g/mol. The lowest BCUT2D eigenvalue weighted by Gasteiger charge is -2.27. The van der Waals surface area contributed by atoms with E-state index in [-0.39, 0.29) is 5.75 Å². The van der Waals surface area contributed by atoms with Crippen LogP contribution in [0.25, 0.3) is 0 Å². The summed E-state index contributed by atoms with van der Waals surface area (Å²) < 4.78 is 5.22. The lowest BCUT2D eigenvalue weighted by Crippen LogP contribution is -2.20. The third-order valence-electron chi connectivity index (χ3n) is 4.03. The van der Waals surface area contributed by atoms with E-state index < -0.39 is 5.54 Å². The van der Waals surface area contributed by atoms with Crippen molar-refractivity contribution in [2.45, 2.75) is 44.6 Å². The molecule has 0 spiro atoms. The Hall–Kier alpha value is -1.51. The smallest absolute Gasteiger partial charge is 0.235 e. The minimum Gasteiger partial charge on any atom is -0.504 e. The Kier molecular flexibility index (Phi) is 4.36. The summed E-state index contributed by atoms with van der Waals surface area (Å²) in [5.41, 5.74) is 0.626. The van der Waals surface area contributed by atoms with Gasteiger partial charge in [-0.25, -0.2) is 4.79 Å². The quantitative estimate of drug-likeness (QED) is 0.680. The molecule has 1 N–H and O–H groups in total. The number of aryl methyl sites for hydroxylation is 1. The number of benzene rings is 1. The van der Waals surface area contributed by atoms with Crippen molar-refractivity contribution in [2.24, 2.45) is 4.99 Å². The Morgan fingerprint density at radius 3 is 2.65 bits per heavy atom. The van der Waals surface area contributed by atoms with Gasteiger partial charge >= 0.3 is 0 Å². The van der Waals surface area contributed by atoms with E-state index in [1.54, 1.807) is 12.1 Å². The van der Waals surface area contributed by atoms with Gasteiger partial charge in [-0.1, -0.05) is 31.4 Å². The molecule has 108 valence electrons.